The molecule has 1 aromatic heterocycles. The van der Waals surface area contributed by atoms with Crippen LogP contribution in [0, 0.1) is 0 Å². The van der Waals surface area contributed by atoms with E-state index in [1.165, 1.54) is 0 Å². The molecule has 3 rings (SSSR count). The van der Waals surface area contributed by atoms with Crippen molar-refractivity contribution in [2.75, 3.05) is 51.7 Å². The van der Waals surface area contributed by atoms with Crippen LogP contribution in [0.2, 0.25) is 0 Å². The average molecular weight is 431 g/mol. The summed E-state index contributed by atoms with van der Waals surface area (Å²) in [5.74, 6) is 0. The van der Waals surface area contributed by atoms with E-state index in [2.05, 4.69) is 25.8 Å². The maximum Gasteiger partial charge on any atom is 0.157 e. The van der Waals surface area contributed by atoms with E-state index < -0.39 is 0 Å². The lowest BCUT2D eigenvalue weighted by Gasteiger charge is -2.23. The van der Waals surface area contributed by atoms with Gasteiger partial charge in [-0.1, -0.05) is 0 Å². The van der Waals surface area contributed by atoms with Crippen molar-refractivity contribution in [3.8, 4) is 0 Å². The second-order valence-electron chi connectivity index (χ2n) is 6.41. The van der Waals surface area contributed by atoms with Gasteiger partial charge in [-0.2, -0.15) is 0 Å². The first-order valence-electron chi connectivity index (χ1n) is 9.08. The first-order valence-corrected chi connectivity index (χ1v) is 9.88. The molecule has 2 saturated heterocycles. The molecule has 2 aliphatic heterocycles. The minimum absolute atomic E-state index is 0.0480. The molecule has 0 radical (unpaired) electrons. The number of methoxy groups -OCH3 is 1. The zero-order valence-corrected chi connectivity index (χ0v) is 16.7. The van der Waals surface area contributed by atoms with Gasteiger partial charge in [0.1, 0.15) is 23.6 Å². The highest BCUT2D eigenvalue weighted by molar-refractivity contribution is 9.10. The molecule has 26 heavy (non-hydrogen) atoms. The number of ether oxygens (including phenoxy) is 5. The van der Waals surface area contributed by atoms with Gasteiger partial charge in [-0.25, -0.2) is 4.98 Å². The fourth-order valence-electron chi connectivity index (χ4n) is 3.25. The number of anilines is 1. The van der Waals surface area contributed by atoms with Crippen molar-refractivity contribution in [2.45, 2.75) is 37.8 Å². The molecule has 3 heterocycles. The van der Waals surface area contributed by atoms with Crippen LogP contribution in [0.25, 0.3) is 0 Å². The highest BCUT2D eigenvalue weighted by Crippen LogP contribution is 2.29. The first-order chi connectivity index (χ1) is 12.8. The Balaban J connectivity index is 1.49. The summed E-state index contributed by atoms with van der Waals surface area (Å²) < 4.78 is 29.1. The van der Waals surface area contributed by atoms with Crippen LogP contribution >= 0.6 is 15.9 Å². The largest absolute Gasteiger partial charge is 0.371 e. The van der Waals surface area contributed by atoms with Gasteiger partial charge < -0.3 is 28.6 Å². The van der Waals surface area contributed by atoms with E-state index in [-0.39, 0.29) is 25.3 Å². The van der Waals surface area contributed by atoms with Crippen molar-refractivity contribution >= 4 is 21.6 Å². The van der Waals surface area contributed by atoms with E-state index in [1.807, 2.05) is 12.1 Å². The zero-order valence-electron chi connectivity index (χ0n) is 15.1. The molecule has 7 nitrogen and oxygen atoms in total. The quantitative estimate of drug-likeness (QED) is 0.338. The fraction of sp³-hybridized carbons (Fsp3) is 0.722. The Labute approximate surface area is 163 Å². The topological polar surface area (TPSA) is 62.3 Å². The predicted molar refractivity (Wildman–Crippen MR) is 100 cm³/mol. The number of rotatable bonds is 9. The maximum absolute atomic E-state index is 6.06. The third kappa shape index (κ3) is 5.61. The van der Waals surface area contributed by atoms with Gasteiger partial charge in [-0.05, 0) is 47.3 Å². The van der Waals surface area contributed by atoms with Crippen LogP contribution in [0.1, 0.15) is 19.3 Å². The molecule has 146 valence electrons. The predicted octanol–water partition coefficient (Wildman–Crippen LogP) is 2.58. The van der Waals surface area contributed by atoms with Gasteiger partial charge in [0.05, 0.1) is 18.9 Å². The molecule has 2 aliphatic rings. The molecule has 1 unspecified atom stereocenters. The molecule has 0 aliphatic carbocycles. The normalized spacial score (nSPS) is 26.4. The number of pyridine rings is 1. The Hall–Kier alpha value is -0.770. The number of hydrogen-bond acceptors (Lipinski definition) is 7. The Morgan fingerprint density at radius 2 is 2.00 bits per heavy atom. The van der Waals surface area contributed by atoms with E-state index in [9.17, 15) is 0 Å². The summed E-state index contributed by atoms with van der Waals surface area (Å²) in [6.45, 7) is 3.53. The van der Waals surface area contributed by atoms with Crippen LogP contribution in [0.4, 0.5) is 5.69 Å². The second-order valence-corrected chi connectivity index (χ2v) is 7.16. The number of halogens is 1. The molecule has 3 atom stereocenters. The van der Waals surface area contributed by atoms with Crippen LogP contribution in [0.15, 0.2) is 22.9 Å². The van der Waals surface area contributed by atoms with Crippen LogP contribution in [-0.4, -0.2) is 70.3 Å². The fourth-order valence-corrected chi connectivity index (χ4v) is 3.75. The molecule has 2 fully saturated rings. The van der Waals surface area contributed by atoms with Crippen LogP contribution in [-0.2, 0) is 23.7 Å². The van der Waals surface area contributed by atoms with E-state index in [1.54, 1.807) is 13.3 Å². The minimum atomic E-state index is -0.0840. The van der Waals surface area contributed by atoms with E-state index in [4.69, 9.17) is 23.7 Å². The number of aromatic nitrogens is 1. The monoisotopic (exact) mass is 430 g/mol. The third-order valence-electron chi connectivity index (χ3n) is 4.55. The summed E-state index contributed by atoms with van der Waals surface area (Å²) in [7, 11) is 1.62. The summed E-state index contributed by atoms with van der Waals surface area (Å²) in [6, 6.07) is 3.97. The van der Waals surface area contributed by atoms with Gasteiger partial charge >= 0.3 is 0 Å². The standard InChI is InChI=1S/C18H27BrN2O5/c1-22-13-26-16-12-21(14-5-4-7-20-18(14)19)11-15(16)23-9-10-25-17-6-2-3-8-24-17/h4-5,7,15-17H,2-3,6,8-13H2,1H3/t15-,16-,17?/m1/s1. The van der Waals surface area contributed by atoms with Gasteiger partial charge in [-0.15, -0.1) is 0 Å². The first kappa shape index (κ1) is 20.0. The van der Waals surface area contributed by atoms with Crippen molar-refractivity contribution in [3.05, 3.63) is 22.9 Å². The van der Waals surface area contributed by atoms with Crippen LogP contribution in [0.5, 0.6) is 0 Å². The van der Waals surface area contributed by atoms with Gasteiger partial charge in [0, 0.05) is 33.0 Å². The van der Waals surface area contributed by atoms with Crippen molar-refractivity contribution in [2.24, 2.45) is 0 Å². The smallest absolute Gasteiger partial charge is 0.157 e. The van der Waals surface area contributed by atoms with E-state index >= 15 is 0 Å². The Morgan fingerprint density at radius 3 is 2.73 bits per heavy atom. The summed E-state index contributed by atoms with van der Waals surface area (Å²) in [5, 5.41) is 0. The molecule has 0 bridgehead atoms. The Bertz CT molecular complexity index is 544. The highest BCUT2D eigenvalue weighted by atomic mass is 79.9. The van der Waals surface area contributed by atoms with E-state index in [0.29, 0.717) is 13.2 Å². The zero-order chi connectivity index (χ0) is 18.2. The molecular formula is C18H27BrN2O5. The van der Waals surface area contributed by atoms with Crippen LogP contribution in [0.3, 0.4) is 0 Å². The number of hydrogen-bond donors (Lipinski definition) is 0. The lowest BCUT2D eigenvalue weighted by Crippen LogP contribution is -2.32. The summed E-state index contributed by atoms with van der Waals surface area (Å²) >= 11 is 3.51. The molecule has 0 spiro atoms. The Kier molecular flexibility index (Phi) is 8.09. The van der Waals surface area contributed by atoms with E-state index in [0.717, 1.165) is 49.2 Å². The molecule has 0 amide bonds. The maximum atomic E-state index is 6.06. The molecule has 0 N–H and O–H groups in total. The van der Waals surface area contributed by atoms with Crippen molar-refractivity contribution in [1.29, 1.82) is 0 Å². The summed E-state index contributed by atoms with van der Waals surface area (Å²) in [4.78, 5) is 6.51. The molecule has 1 aromatic rings. The van der Waals surface area contributed by atoms with Gasteiger partial charge in [-0.3, -0.25) is 0 Å². The van der Waals surface area contributed by atoms with Gasteiger partial charge in [0.25, 0.3) is 0 Å². The molecule has 0 aromatic carbocycles. The van der Waals surface area contributed by atoms with Gasteiger partial charge in [0.2, 0.25) is 0 Å². The lowest BCUT2D eigenvalue weighted by atomic mass is 10.2. The lowest BCUT2D eigenvalue weighted by molar-refractivity contribution is -0.175. The Morgan fingerprint density at radius 1 is 1.19 bits per heavy atom. The van der Waals surface area contributed by atoms with Crippen molar-refractivity contribution in [3.63, 3.8) is 0 Å². The van der Waals surface area contributed by atoms with Gasteiger partial charge in [0.15, 0.2) is 6.29 Å². The summed E-state index contributed by atoms with van der Waals surface area (Å²) in [6.07, 6.45) is 4.82. The molecular weight excluding hydrogens is 404 g/mol. The van der Waals surface area contributed by atoms with Crippen molar-refractivity contribution < 1.29 is 23.7 Å². The average Bonchev–Trinajstić information content (AvgIpc) is 3.07. The summed E-state index contributed by atoms with van der Waals surface area (Å²) in [5.41, 5.74) is 1.04. The minimum Gasteiger partial charge on any atom is -0.371 e. The SMILES string of the molecule is COCO[C@@H]1CN(c2cccnc2Br)C[C@H]1OCCOC1CCCCO1. The van der Waals surface area contributed by atoms with Crippen LogP contribution < -0.4 is 4.90 Å². The second kappa shape index (κ2) is 10.5. The highest BCUT2D eigenvalue weighted by Gasteiger charge is 2.35. The molecule has 0 saturated carbocycles. The molecule has 8 heteroatoms. The van der Waals surface area contributed by atoms with Crippen molar-refractivity contribution in [1.82, 2.24) is 4.98 Å². The third-order valence-corrected chi connectivity index (χ3v) is 5.16. The number of nitrogens with zero attached hydrogens (tertiary/aromatic N) is 2.